The van der Waals surface area contributed by atoms with Crippen LogP contribution in [0.2, 0.25) is 0 Å². The molecule has 3 unspecified atom stereocenters. The highest BCUT2D eigenvalue weighted by atomic mass is 79.9. The zero-order chi connectivity index (χ0) is 15.2. The summed E-state index contributed by atoms with van der Waals surface area (Å²) < 4.78 is -0.372. The summed E-state index contributed by atoms with van der Waals surface area (Å²) in [5.74, 6) is -0.721. The normalized spacial score (nSPS) is 25.2. The Morgan fingerprint density at radius 3 is 2.62 bits per heavy atom. The Balaban J connectivity index is 2.22. The molecule has 110 valence electrons. The van der Waals surface area contributed by atoms with E-state index in [-0.39, 0.29) is 21.5 Å². The minimum Gasteiger partial charge on any atom is -0.481 e. The Bertz CT molecular complexity index is 708. The van der Waals surface area contributed by atoms with Crippen LogP contribution < -0.4 is 0 Å². The molecular weight excluding hydrogens is 396 g/mol. The number of carboxylic acids is 1. The summed E-state index contributed by atoms with van der Waals surface area (Å²) in [5, 5.41) is 11.7. The average molecular weight is 412 g/mol. The van der Waals surface area contributed by atoms with Gasteiger partial charge in [0.2, 0.25) is 0 Å². The lowest BCUT2D eigenvalue weighted by atomic mass is 9.82. The highest BCUT2D eigenvalue weighted by Gasteiger charge is 2.49. The first-order valence-corrected chi connectivity index (χ1v) is 8.77. The third-order valence-electron chi connectivity index (χ3n) is 4.50. The van der Waals surface area contributed by atoms with E-state index in [1.165, 1.54) is 21.9 Å². The number of alkyl halides is 2. The molecule has 0 aromatic heterocycles. The Morgan fingerprint density at radius 2 is 2.00 bits per heavy atom. The van der Waals surface area contributed by atoms with E-state index in [4.69, 9.17) is 0 Å². The van der Waals surface area contributed by atoms with Crippen LogP contribution in [0.15, 0.2) is 36.4 Å². The minimum atomic E-state index is -0.747. The first-order chi connectivity index (χ1) is 10.00. The van der Waals surface area contributed by atoms with Gasteiger partial charge in [-0.3, -0.25) is 4.79 Å². The highest BCUT2D eigenvalue weighted by Crippen LogP contribution is 2.62. The van der Waals surface area contributed by atoms with Gasteiger partial charge in [-0.2, -0.15) is 0 Å². The van der Waals surface area contributed by atoms with Gasteiger partial charge >= 0.3 is 5.97 Å². The van der Waals surface area contributed by atoms with Crippen LogP contribution in [0.4, 0.5) is 0 Å². The van der Waals surface area contributed by atoms with Gasteiger partial charge in [-0.1, -0.05) is 81.6 Å². The molecule has 0 fully saturated rings. The quantitative estimate of drug-likeness (QED) is 0.685. The standard InChI is InChI=1S/C17H16Br2O2/c1-2-11(9-14(20)21)17(19)13-8-4-6-10-5-3-7-12(15(10)13)16(17)18/h3-8,11,16H,2,9H2,1H3,(H,20,21). The van der Waals surface area contributed by atoms with Crippen molar-refractivity contribution in [3.05, 3.63) is 47.5 Å². The third-order valence-corrected chi connectivity index (χ3v) is 7.86. The second-order valence-corrected chi connectivity index (χ2v) is 7.81. The molecule has 3 rings (SSSR count). The van der Waals surface area contributed by atoms with Crippen LogP contribution >= 0.6 is 31.9 Å². The van der Waals surface area contributed by atoms with E-state index in [9.17, 15) is 9.90 Å². The lowest BCUT2D eigenvalue weighted by Gasteiger charge is -2.35. The van der Waals surface area contributed by atoms with Gasteiger partial charge < -0.3 is 5.11 Å². The second kappa shape index (κ2) is 5.40. The molecule has 1 aliphatic rings. The fourth-order valence-electron chi connectivity index (χ4n) is 3.49. The van der Waals surface area contributed by atoms with Crippen molar-refractivity contribution in [2.75, 3.05) is 0 Å². The Morgan fingerprint density at radius 1 is 1.33 bits per heavy atom. The van der Waals surface area contributed by atoms with E-state index in [0.29, 0.717) is 0 Å². The molecule has 0 spiro atoms. The highest BCUT2D eigenvalue weighted by molar-refractivity contribution is 9.12. The van der Waals surface area contributed by atoms with Crippen LogP contribution in [0.3, 0.4) is 0 Å². The lowest BCUT2D eigenvalue weighted by Crippen LogP contribution is -2.31. The van der Waals surface area contributed by atoms with Crippen molar-refractivity contribution >= 4 is 48.6 Å². The Kier molecular flexibility index (Phi) is 3.87. The smallest absolute Gasteiger partial charge is 0.303 e. The van der Waals surface area contributed by atoms with Gasteiger partial charge in [-0.05, 0) is 27.8 Å². The fourth-order valence-corrected chi connectivity index (χ4v) is 5.56. The average Bonchev–Trinajstić information content (AvgIpc) is 2.70. The molecule has 2 nitrogen and oxygen atoms in total. The largest absolute Gasteiger partial charge is 0.481 e. The molecule has 3 atom stereocenters. The van der Waals surface area contributed by atoms with Gasteiger partial charge in [0, 0.05) is 6.42 Å². The third kappa shape index (κ3) is 2.15. The van der Waals surface area contributed by atoms with Gasteiger partial charge in [-0.25, -0.2) is 0 Å². The van der Waals surface area contributed by atoms with Crippen molar-refractivity contribution in [1.82, 2.24) is 0 Å². The van der Waals surface area contributed by atoms with Crippen molar-refractivity contribution < 1.29 is 9.90 Å². The zero-order valence-electron chi connectivity index (χ0n) is 11.6. The number of carboxylic acid groups (broad SMARTS) is 1. The maximum Gasteiger partial charge on any atom is 0.303 e. The van der Waals surface area contributed by atoms with E-state index >= 15 is 0 Å². The van der Waals surface area contributed by atoms with Crippen molar-refractivity contribution in [2.24, 2.45) is 5.92 Å². The maximum atomic E-state index is 11.3. The summed E-state index contributed by atoms with van der Waals surface area (Å²) in [6, 6.07) is 12.6. The summed E-state index contributed by atoms with van der Waals surface area (Å²) in [6.07, 6.45) is 0.970. The van der Waals surface area contributed by atoms with Crippen LogP contribution in [0, 0.1) is 5.92 Å². The number of hydrogen-bond acceptors (Lipinski definition) is 1. The number of hydrogen-bond donors (Lipinski definition) is 1. The molecule has 0 saturated carbocycles. The van der Waals surface area contributed by atoms with E-state index < -0.39 is 5.97 Å². The molecule has 21 heavy (non-hydrogen) atoms. The van der Waals surface area contributed by atoms with E-state index in [2.05, 4.69) is 75.2 Å². The first kappa shape index (κ1) is 15.0. The van der Waals surface area contributed by atoms with Crippen LogP contribution in [0.25, 0.3) is 10.8 Å². The first-order valence-electron chi connectivity index (χ1n) is 7.07. The Hall–Kier alpha value is -0.870. The second-order valence-electron chi connectivity index (χ2n) is 5.58. The zero-order valence-corrected chi connectivity index (χ0v) is 14.8. The van der Waals surface area contributed by atoms with Crippen molar-refractivity contribution in [1.29, 1.82) is 0 Å². The summed E-state index contributed by atoms with van der Waals surface area (Å²) in [6.45, 7) is 2.06. The molecule has 2 aromatic rings. The van der Waals surface area contributed by atoms with Gasteiger partial charge in [0.25, 0.3) is 0 Å². The molecule has 0 heterocycles. The summed E-state index contributed by atoms with van der Waals surface area (Å²) in [5.41, 5.74) is 2.44. The topological polar surface area (TPSA) is 37.3 Å². The summed E-state index contributed by atoms with van der Waals surface area (Å²) in [4.78, 5) is 11.3. The SMILES string of the molecule is CCC(CC(=O)O)C1(Br)c2cccc3cccc(c23)C1Br. The molecule has 0 aliphatic heterocycles. The van der Waals surface area contributed by atoms with Crippen molar-refractivity contribution in [3.8, 4) is 0 Å². The number of benzene rings is 2. The minimum absolute atomic E-state index is 0.0253. The van der Waals surface area contributed by atoms with Crippen LogP contribution in [-0.4, -0.2) is 11.1 Å². The monoisotopic (exact) mass is 410 g/mol. The molecule has 1 N–H and O–H groups in total. The van der Waals surface area contributed by atoms with Gasteiger partial charge in [-0.15, -0.1) is 0 Å². The van der Waals surface area contributed by atoms with E-state index in [1.807, 2.05) is 0 Å². The fraction of sp³-hybridized carbons (Fsp3) is 0.353. The number of halogens is 2. The van der Waals surface area contributed by atoms with E-state index in [0.717, 1.165) is 6.42 Å². The molecule has 0 bridgehead atoms. The van der Waals surface area contributed by atoms with Gasteiger partial charge in [0.15, 0.2) is 0 Å². The molecular formula is C17H16Br2O2. The summed E-state index contributed by atoms with van der Waals surface area (Å²) >= 11 is 7.76. The predicted molar refractivity (Wildman–Crippen MR) is 92.3 cm³/mol. The Labute approximate surface area is 140 Å². The summed E-state index contributed by atoms with van der Waals surface area (Å²) in [7, 11) is 0. The number of carbonyl (C=O) groups is 1. The van der Waals surface area contributed by atoms with Gasteiger partial charge in [0.1, 0.15) is 0 Å². The van der Waals surface area contributed by atoms with Crippen LogP contribution in [0.5, 0.6) is 0 Å². The number of rotatable bonds is 4. The lowest BCUT2D eigenvalue weighted by molar-refractivity contribution is -0.138. The van der Waals surface area contributed by atoms with E-state index in [1.54, 1.807) is 0 Å². The molecule has 0 saturated heterocycles. The molecule has 2 aromatic carbocycles. The van der Waals surface area contributed by atoms with Gasteiger partial charge in [0.05, 0.1) is 9.15 Å². The number of aliphatic carboxylic acids is 1. The molecule has 0 amide bonds. The van der Waals surface area contributed by atoms with Crippen LogP contribution in [0.1, 0.15) is 35.7 Å². The van der Waals surface area contributed by atoms with Crippen molar-refractivity contribution in [2.45, 2.75) is 28.9 Å². The maximum absolute atomic E-state index is 11.3. The molecule has 4 heteroatoms. The molecule has 0 radical (unpaired) electrons. The van der Waals surface area contributed by atoms with Crippen molar-refractivity contribution in [3.63, 3.8) is 0 Å². The predicted octanol–water partition coefficient (Wildman–Crippen LogP) is 5.38. The van der Waals surface area contributed by atoms with Crippen LogP contribution in [-0.2, 0) is 9.12 Å². The molecule has 1 aliphatic carbocycles.